The number of carbonyl (C=O) groups is 1. The van der Waals surface area contributed by atoms with Crippen molar-refractivity contribution >= 4 is 33.6 Å². The van der Waals surface area contributed by atoms with Crippen LogP contribution in [-0.4, -0.2) is 88.1 Å². The van der Waals surface area contributed by atoms with Gasteiger partial charge in [0.15, 0.2) is 12.0 Å². The van der Waals surface area contributed by atoms with Gasteiger partial charge in [-0.15, -0.1) is 0 Å². The van der Waals surface area contributed by atoms with E-state index in [1.165, 1.54) is 18.3 Å². The number of carbonyl (C=O) groups excluding carboxylic acids is 1. The van der Waals surface area contributed by atoms with Gasteiger partial charge in [-0.2, -0.15) is 9.97 Å². The molecule has 7 rings (SSSR count). The third-order valence-corrected chi connectivity index (χ3v) is 9.49. The number of aromatic nitrogens is 3. The number of benzene rings is 2. The van der Waals surface area contributed by atoms with E-state index in [-0.39, 0.29) is 52.1 Å². The maximum Gasteiger partial charge on any atom is 0.410 e. The molecule has 3 aliphatic rings. The maximum absolute atomic E-state index is 16.7. The van der Waals surface area contributed by atoms with E-state index in [1.54, 1.807) is 17.0 Å². The first kappa shape index (κ1) is 32.3. The summed E-state index contributed by atoms with van der Waals surface area (Å²) in [6.45, 7) is 7.15. The zero-order chi connectivity index (χ0) is 33.9. The van der Waals surface area contributed by atoms with Gasteiger partial charge in [-0.1, -0.05) is 18.2 Å². The normalized spacial score (nSPS) is 24.2. The summed E-state index contributed by atoms with van der Waals surface area (Å²) in [6, 6.07) is 6.33. The zero-order valence-corrected chi connectivity index (χ0v) is 27.4. The third kappa shape index (κ3) is 6.08. The Balaban J connectivity index is 1.31. The minimum Gasteiger partial charge on any atom is -0.444 e. The molecule has 2 aromatic heterocycles. The van der Waals surface area contributed by atoms with Crippen LogP contribution in [0.25, 0.3) is 32.9 Å². The molecule has 4 aromatic rings. The second-order valence-corrected chi connectivity index (χ2v) is 14.0. The summed E-state index contributed by atoms with van der Waals surface area (Å²) in [5.41, 5.74) is -0.750. The summed E-state index contributed by atoms with van der Waals surface area (Å²) < 4.78 is 72.3. The van der Waals surface area contributed by atoms with E-state index < -0.39 is 41.5 Å². The quantitative estimate of drug-likeness (QED) is 0.214. The lowest BCUT2D eigenvalue weighted by molar-refractivity contribution is -0.0989. The molecule has 3 saturated heterocycles. The highest BCUT2D eigenvalue weighted by Gasteiger charge is 2.41. The fourth-order valence-corrected chi connectivity index (χ4v) is 7.28. The number of fused-ring (bicyclic) bond motifs is 4. The van der Waals surface area contributed by atoms with Crippen molar-refractivity contribution in [2.45, 2.75) is 70.5 Å². The molecule has 5 heterocycles. The molecule has 0 saturated carbocycles. The van der Waals surface area contributed by atoms with Gasteiger partial charge in [-0.05, 0) is 57.9 Å². The predicted octanol–water partition coefficient (Wildman–Crippen LogP) is 6.87. The Morgan fingerprint density at radius 2 is 1.88 bits per heavy atom. The van der Waals surface area contributed by atoms with Crippen LogP contribution >= 0.6 is 0 Å². The highest BCUT2D eigenvalue weighted by atomic mass is 19.1. The van der Waals surface area contributed by atoms with Crippen molar-refractivity contribution in [3.63, 3.8) is 0 Å². The van der Waals surface area contributed by atoms with Gasteiger partial charge in [0.25, 0.3) is 0 Å². The molecule has 1 amide bonds. The first-order valence-corrected chi connectivity index (χ1v) is 16.4. The number of pyridine rings is 1. The van der Waals surface area contributed by atoms with Gasteiger partial charge in [0.1, 0.15) is 40.4 Å². The van der Waals surface area contributed by atoms with Crippen LogP contribution in [-0.2, 0) is 4.74 Å². The summed E-state index contributed by atoms with van der Waals surface area (Å²) in [4.78, 5) is 32.0. The Kier molecular flexibility index (Phi) is 8.29. The summed E-state index contributed by atoms with van der Waals surface area (Å²) in [5.74, 6) is -2.13. The number of likely N-dealkylation sites (tertiary alicyclic amines) is 1. The predicted molar refractivity (Wildman–Crippen MR) is 173 cm³/mol. The van der Waals surface area contributed by atoms with Crippen molar-refractivity contribution in [2.75, 3.05) is 38.1 Å². The average Bonchev–Trinajstić information content (AvgIpc) is 3.51. The number of nitrogens with zero attached hydrogens (tertiary/aromatic N) is 6. The van der Waals surface area contributed by atoms with E-state index in [0.717, 1.165) is 18.9 Å². The average molecular weight is 667 g/mol. The zero-order valence-electron chi connectivity index (χ0n) is 27.4. The molecule has 0 N–H and O–H groups in total. The number of anilines is 1. The first-order chi connectivity index (χ1) is 22.9. The Labute approximate surface area is 275 Å². The molecule has 3 fully saturated rings. The van der Waals surface area contributed by atoms with E-state index in [2.05, 4.69) is 9.97 Å². The van der Waals surface area contributed by atoms with Gasteiger partial charge in [-0.25, -0.2) is 22.4 Å². The summed E-state index contributed by atoms with van der Waals surface area (Å²) in [7, 11) is 1.81. The highest BCUT2D eigenvalue weighted by molar-refractivity contribution is 5.99. The van der Waals surface area contributed by atoms with Crippen molar-refractivity contribution in [2.24, 2.45) is 5.92 Å². The number of halogens is 4. The summed E-state index contributed by atoms with van der Waals surface area (Å²) >= 11 is 0. The Hall–Kier alpha value is -4.26. The molecule has 3 aliphatic heterocycles. The second kappa shape index (κ2) is 12.3. The fraction of sp³-hybridized carbons (Fsp3) is 0.486. The second-order valence-electron chi connectivity index (χ2n) is 14.0. The molecule has 0 aliphatic carbocycles. The summed E-state index contributed by atoms with van der Waals surface area (Å²) in [5, 5.41) is 0.587. The van der Waals surface area contributed by atoms with Gasteiger partial charge < -0.3 is 19.3 Å². The molecule has 5 atom stereocenters. The smallest absolute Gasteiger partial charge is 0.410 e. The largest absolute Gasteiger partial charge is 0.444 e. The van der Waals surface area contributed by atoms with Crippen LogP contribution in [0.15, 0.2) is 36.5 Å². The van der Waals surface area contributed by atoms with E-state index in [9.17, 15) is 13.6 Å². The Bertz CT molecular complexity index is 1870. The molecule has 254 valence electrons. The van der Waals surface area contributed by atoms with Crippen LogP contribution in [0.3, 0.4) is 0 Å². The molecule has 2 aromatic carbocycles. The lowest BCUT2D eigenvalue weighted by Gasteiger charge is -2.45. The monoisotopic (exact) mass is 666 g/mol. The lowest BCUT2D eigenvalue weighted by atomic mass is 9.86. The number of hydrogen-bond donors (Lipinski definition) is 0. The number of amides is 1. The summed E-state index contributed by atoms with van der Waals surface area (Å²) in [6.07, 6.45) is 2.28. The van der Waals surface area contributed by atoms with Crippen LogP contribution in [0.1, 0.15) is 46.5 Å². The molecular weight excluding hydrogens is 628 g/mol. The van der Waals surface area contributed by atoms with Gasteiger partial charge in [-0.3, -0.25) is 9.88 Å². The minimum absolute atomic E-state index is 0.0318. The van der Waals surface area contributed by atoms with E-state index >= 15 is 8.78 Å². The molecule has 2 unspecified atom stereocenters. The molecule has 48 heavy (non-hydrogen) atoms. The highest BCUT2D eigenvalue weighted by Crippen LogP contribution is 2.39. The Morgan fingerprint density at radius 1 is 1.06 bits per heavy atom. The lowest BCUT2D eigenvalue weighted by Crippen LogP contribution is -2.55. The van der Waals surface area contributed by atoms with E-state index in [0.29, 0.717) is 43.7 Å². The molecular formula is C35H38F4N6O3. The minimum atomic E-state index is -0.953. The number of likely N-dealkylation sites (N-methyl/N-ethyl adjacent to an activating group) is 1. The van der Waals surface area contributed by atoms with Crippen molar-refractivity contribution in [1.29, 1.82) is 0 Å². The van der Waals surface area contributed by atoms with Crippen LogP contribution in [0.2, 0.25) is 0 Å². The van der Waals surface area contributed by atoms with Crippen molar-refractivity contribution < 1.29 is 31.8 Å². The van der Waals surface area contributed by atoms with Crippen molar-refractivity contribution in [3.05, 3.63) is 54.0 Å². The van der Waals surface area contributed by atoms with Crippen molar-refractivity contribution in [1.82, 2.24) is 24.8 Å². The Morgan fingerprint density at radius 3 is 2.65 bits per heavy atom. The standard InChI is InChI=1S/C35H38F4N6O3/c1-35(2,3)48-34(46)45-12-10-23(18-45)43(4)31-25-16-40-29(24-9-5-7-19-13-21(36)15-26(38)27(19)24)28(39)30(25)41-33(42-31)47-32-20-8-6-11-44(32)17-22(37)14-20/h5,7,9,13,15-16,20,22-23,32H,6,8,10-12,14,17-18H2,1-4H3/t20-,22-,23-,32?/m1/s1. The van der Waals surface area contributed by atoms with E-state index in [1.807, 2.05) is 37.6 Å². The molecule has 9 nitrogen and oxygen atoms in total. The number of rotatable bonds is 5. The van der Waals surface area contributed by atoms with Crippen LogP contribution in [0.5, 0.6) is 6.01 Å². The SMILES string of the molecule is CN(c1nc(OC2[C@@H]3CCCN2C[C@H](F)C3)nc2c(F)c(-c3cccc4cc(F)cc(F)c34)ncc12)[C@@H]1CCN(C(=O)OC(C)(C)C)C1. The number of hydrogen-bond acceptors (Lipinski definition) is 8. The van der Waals surface area contributed by atoms with Crippen molar-refractivity contribution in [3.8, 4) is 17.3 Å². The molecule has 2 bridgehead atoms. The van der Waals surface area contributed by atoms with E-state index in [4.69, 9.17) is 14.5 Å². The molecule has 0 radical (unpaired) electrons. The van der Waals surface area contributed by atoms with Gasteiger partial charge in [0, 0.05) is 68.4 Å². The number of alkyl halides is 1. The maximum atomic E-state index is 16.7. The van der Waals surface area contributed by atoms with Crippen LogP contribution in [0, 0.1) is 23.4 Å². The fourth-order valence-electron chi connectivity index (χ4n) is 7.28. The number of ether oxygens (including phenoxy) is 2. The topological polar surface area (TPSA) is 83.9 Å². The third-order valence-electron chi connectivity index (χ3n) is 9.49. The van der Waals surface area contributed by atoms with Gasteiger partial charge in [0.05, 0.1) is 5.39 Å². The van der Waals surface area contributed by atoms with Gasteiger partial charge in [0.2, 0.25) is 0 Å². The van der Waals surface area contributed by atoms with Crippen LogP contribution in [0.4, 0.5) is 28.2 Å². The van der Waals surface area contributed by atoms with Crippen LogP contribution < -0.4 is 9.64 Å². The van der Waals surface area contributed by atoms with Gasteiger partial charge >= 0.3 is 12.1 Å². The number of piperidine rings is 2. The molecule has 0 spiro atoms. The first-order valence-electron chi connectivity index (χ1n) is 16.4. The molecule has 13 heteroatoms.